The number of nitrogens with zero attached hydrogens (tertiary/aromatic N) is 1. The minimum Gasteiger partial charge on any atom is -0.452 e. The van der Waals surface area contributed by atoms with Crippen LogP contribution in [0.25, 0.3) is 0 Å². The lowest BCUT2D eigenvalue weighted by atomic mass is 10.2. The van der Waals surface area contributed by atoms with Gasteiger partial charge in [0.1, 0.15) is 0 Å². The molecule has 1 atom stereocenters. The fourth-order valence-corrected chi connectivity index (χ4v) is 4.45. The molecule has 0 fully saturated rings. The van der Waals surface area contributed by atoms with E-state index in [0.29, 0.717) is 15.7 Å². The highest BCUT2D eigenvalue weighted by molar-refractivity contribution is 9.10. The van der Waals surface area contributed by atoms with E-state index in [0.717, 1.165) is 5.41 Å². The van der Waals surface area contributed by atoms with Crippen molar-refractivity contribution < 1.29 is 22.7 Å². The van der Waals surface area contributed by atoms with Crippen LogP contribution in [0.4, 0.5) is 5.69 Å². The van der Waals surface area contributed by atoms with Gasteiger partial charge in [0.25, 0.3) is 5.91 Å². The molecule has 0 aromatic heterocycles. The second kappa shape index (κ2) is 8.06. The number of amides is 1. The highest BCUT2D eigenvalue weighted by atomic mass is 79.9. The number of carbonyl (C=O) groups excluding carboxylic acids is 2. The van der Waals surface area contributed by atoms with Crippen molar-refractivity contribution in [3.05, 3.63) is 76.1 Å². The number of para-hydroxylation sites is 1. The van der Waals surface area contributed by atoms with E-state index in [1.165, 1.54) is 11.0 Å². The van der Waals surface area contributed by atoms with Crippen LogP contribution in [0.2, 0.25) is 0 Å². The summed E-state index contributed by atoms with van der Waals surface area (Å²) in [6.07, 6.45) is 1.47. The Labute approximate surface area is 165 Å². The van der Waals surface area contributed by atoms with Crippen LogP contribution in [0.1, 0.15) is 10.4 Å². The van der Waals surface area contributed by atoms with Gasteiger partial charge in [-0.15, -0.1) is 0 Å². The van der Waals surface area contributed by atoms with Crippen LogP contribution in [-0.4, -0.2) is 38.7 Å². The fraction of sp³-hybridized carbons (Fsp3) is 0.158. The van der Waals surface area contributed by atoms with Crippen molar-refractivity contribution >= 4 is 43.3 Å². The van der Waals surface area contributed by atoms with E-state index < -0.39 is 34.4 Å². The van der Waals surface area contributed by atoms with E-state index >= 15 is 0 Å². The Bertz CT molecular complexity index is 988. The smallest absolute Gasteiger partial charge is 0.339 e. The van der Waals surface area contributed by atoms with Gasteiger partial charge in [-0.3, -0.25) is 4.79 Å². The number of anilines is 1. The van der Waals surface area contributed by atoms with Gasteiger partial charge in [0.2, 0.25) is 0 Å². The number of ether oxygens (including phenoxy) is 1. The van der Waals surface area contributed by atoms with Gasteiger partial charge >= 0.3 is 5.97 Å². The Morgan fingerprint density at radius 3 is 2.37 bits per heavy atom. The second-order valence-corrected chi connectivity index (χ2v) is 8.67. The molecular weight excluding hydrogens is 434 g/mol. The molecule has 1 unspecified atom stereocenters. The molecule has 1 heterocycles. The SMILES string of the molecule is O=C(OCC(=O)N(c1ccccc1)C1C=CS(=O)(=O)C1)c1ccccc1Br. The van der Waals surface area contributed by atoms with E-state index in [2.05, 4.69) is 15.9 Å². The van der Waals surface area contributed by atoms with E-state index in [-0.39, 0.29) is 5.75 Å². The average Bonchev–Trinajstić information content (AvgIpc) is 3.00. The first-order valence-corrected chi connectivity index (χ1v) is 10.6. The normalized spacial score (nSPS) is 17.4. The topological polar surface area (TPSA) is 80.8 Å². The van der Waals surface area contributed by atoms with Crippen molar-refractivity contribution in [1.82, 2.24) is 0 Å². The first-order valence-electron chi connectivity index (χ1n) is 8.07. The summed E-state index contributed by atoms with van der Waals surface area (Å²) in [6.45, 7) is -0.501. The van der Waals surface area contributed by atoms with Crippen molar-refractivity contribution in [2.24, 2.45) is 0 Å². The second-order valence-electron chi connectivity index (χ2n) is 5.88. The summed E-state index contributed by atoms with van der Waals surface area (Å²) < 4.78 is 29.3. The number of rotatable bonds is 5. The number of sulfone groups is 1. The van der Waals surface area contributed by atoms with E-state index in [1.807, 2.05) is 0 Å². The van der Waals surface area contributed by atoms with Crippen LogP contribution >= 0.6 is 15.9 Å². The van der Waals surface area contributed by atoms with E-state index in [1.54, 1.807) is 54.6 Å². The van der Waals surface area contributed by atoms with Gasteiger partial charge in [-0.1, -0.05) is 30.3 Å². The number of benzene rings is 2. The minimum absolute atomic E-state index is 0.203. The number of hydrogen-bond acceptors (Lipinski definition) is 5. The summed E-state index contributed by atoms with van der Waals surface area (Å²) in [5.41, 5.74) is 0.839. The summed E-state index contributed by atoms with van der Waals surface area (Å²) in [6, 6.07) is 14.8. The predicted octanol–water partition coefficient (Wildman–Crippen LogP) is 2.95. The van der Waals surface area contributed by atoms with Gasteiger partial charge in [0, 0.05) is 15.6 Å². The van der Waals surface area contributed by atoms with Gasteiger partial charge in [-0.25, -0.2) is 13.2 Å². The molecule has 0 saturated heterocycles. The van der Waals surface area contributed by atoms with Crippen LogP contribution in [0.15, 0.2) is 70.6 Å². The molecule has 0 saturated carbocycles. The lowest BCUT2D eigenvalue weighted by Gasteiger charge is -2.27. The third kappa shape index (κ3) is 4.64. The molecule has 3 rings (SSSR count). The minimum atomic E-state index is -3.35. The summed E-state index contributed by atoms with van der Waals surface area (Å²) in [5, 5.41) is 1.11. The van der Waals surface area contributed by atoms with E-state index in [9.17, 15) is 18.0 Å². The third-order valence-corrected chi connectivity index (χ3v) is 6.04. The first kappa shape index (κ1) is 19.3. The highest BCUT2D eigenvalue weighted by Crippen LogP contribution is 2.23. The lowest BCUT2D eigenvalue weighted by molar-refractivity contribution is -0.121. The maximum atomic E-state index is 12.8. The third-order valence-electron chi connectivity index (χ3n) is 3.97. The molecule has 0 radical (unpaired) electrons. The Morgan fingerprint density at radius 1 is 1.07 bits per heavy atom. The van der Waals surface area contributed by atoms with Crippen molar-refractivity contribution in [3.8, 4) is 0 Å². The zero-order valence-electron chi connectivity index (χ0n) is 14.1. The quantitative estimate of drug-likeness (QED) is 0.655. The van der Waals surface area contributed by atoms with Crippen LogP contribution in [0.3, 0.4) is 0 Å². The molecule has 6 nitrogen and oxygen atoms in total. The van der Waals surface area contributed by atoms with E-state index in [4.69, 9.17) is 4.74 Å². The van der Waals surface area contributed by atoms with Crippen LogP contribution in [-0.2, 0) is 19.4 Å². The molecule has 2 aromatic carbocycles. The molecule has 0 spiro atoms. The molecule has 0 N–H and O–H groups in total. The fourth-order valence-electron chi connectivity index (χ4n) is 2.73. The Morgan fingerprint density at radius 2 is 1.74 bits per heavy atom. The number of hydrogen-bond donors (Lipinski definition) is 0. The van der Waals surface area contributed by atoms with Crippen LogP contribution in [0, 0.1) is 0 Å². The van der Waals surface area contributed by atoms with Gasteiger partial charge in [-0.2, -0.15) is 0 Å². The van der Waals surface area contributed by atoms with Gasteiger partial charge < -0.3 is 9.64 Å². The lowest BCUT2D eigenvalue weighted by Crippen LogP contribution is -2.43. The Hall–Kier alpha value is -2.45. The molecule has 1 amide bonds. The van der Waals surface area contributed by atoms with Gasteiger partial charge in [-0.05, 0) is 46.3 Å². The summed E-state index contributed by atoms with van der Waals surface area (Å²) in [4.78, 5) is 26.3. The largest absolute Gasteiger partial charge is 0.452 e. The first-order chi connectivity index (χ1) is 12.9. The summed E-state index contributed by atoms with van der Waals surface area (Å²) in [7, 11) is -3.35. The van der Waals surface area contributed by atoms with Crippen LogP contribution in [0.5, 0.6) is 0 Å². The number of esters is 1. The summed E-state index contributed by atoms with van der Waals surface area (Å²) in [5.74, 6) is -1.35. The Balaban J connectivity index is 1.77. The van der Waals surface area contributed by atoms with Crippen molar-refractivity contribution in [2.45, 2.75) is 6.04 Å². The molecule has 0 aliphatic carbocycles. The molecular formula is C19H16BrNO5S. The highest BCUT2D eigenvalue weighted by Gasteiger charge is 2.31. The van der Waals surface area contributed by atoms with Crippen molar-refractivity contribution in [1.29, 1.82) is 0 Å². The zero-order valence-corrected chi connectivity index (χ0v) is 16.5. The maximum Gasteiger partial charge on any atom is 0.339 e. The molecule has 27 heavy (non-hydrogen) atoms. The molecule has 140 valence electrons. The molecule has 1 aliphatic rings. The number of carbonyl (C=O) groups is 2. The molecule has 2 aromatic rings. The number of halogens is 1. The monoisotopic (exact) mass is 449 g/mol. The van der Waals surface area contributed by atoms with Gasteiger partial charge in [0.05, 0.1) is 17.4 Å². The van der Waals surface area contributed by atoms with Crippen molar-refractivity contribution in [2.75, 3.05) is 17.3 Å². The molecule has 0 bridgehead atoms. The maximum absolute atomic E-state index is 12.8. The average molecular weight is 450 g/mol. The Kier molecular flexibility index (Phi) is 5.76. The van der Waals surface area contributed by atoms with Crippen molar-refractivity contribution in [3.63, 3.8) is 0 Å². The standard InChI is InChI=1S/C19H16BrNO5S/c20-17-9-5-4-8-16(17)19(23)26-12-18(22)21(14-6-2-1-3-7-14)15-10-11-27(24,25)13-15/h1-11,15H,12-13H2. The summed E-state index contributed by atoms with van der Waals surface area (Å²) >= 11 is 3.26. The van der Waals surface area contributed by atoms with Gasteiger partial charge in [0.15, 0.2) is 16.4 Å². The van der Waals surface area contributed by atoms with Crippen LogP contribution < -0.4 is 4.90 Å². The molecule has 1 aliphatic heterocycles. The zero-order chi connectivity index (χ0) is 19.4. The molecule has 8 heteroatoms. The predicted molar refractivity (Wildman–Crippen MR) is 105 cm³/mol.